The number of hydrogen-bond acceptors (Lipinski definition) is 3. The summed E-state index contributed by atoms with van der Waals surface area (Å²) in [5, 5.41) is 3.23. The second-order valence-electron chi connectivity index (χ2n) is 3.20. The van der Waals surface area contributed by atoms with Gasteiger partial charge in [-0.05, 0) is 25.2 Å². The van der Waals surface area contributed by atoms with E-state index >= 15 is 0 Å². The van der Waals surface area contributed by atoms with Crippen LogP contribution in [-0.2, 0) is 0 Å². The number of pyridine rings is 1. The molecule has 0 saturated heterocycles. The molecule has 0 aliphatic carbocycles. The predicted molar refractivity (Wildman–Crippen MR) is 66.9 cm³/mol. The van der Waals surface area contributed by atoms with Crippen LogP contribution < -0.4 is 5.32 Å². The summed E-state index contributed by atoms with van der Waals surface area (Å²) in [5.74, 6) is 0. The maximum Gasteiger partial charge on any atom is 0.107 e. The molecule has 0 bridgehead atoms. The van der Waals surface area contributed by atoms with Gasteiger partial charge in [0.05, 0.1) is 6.67 Å². The zero-order valence-corrected chi connectivity index (χ0v) is 10.0. The third-order valence-corrected chi connectivity index (χ3v) is 2.68. The Morgan fingerprint density at radius 3 is 2.47 bits per heavy atom. The molecule has 1 aromatic heterocycles. The first-order chi connectivity index (χ1) is 7.27. The van der Waals surface area contributed by atoms with Crippen LogP contribution in [0.2, 0.25) is 0 Å². The maximum atomic E-state index is 5.27. The highest BCUT2D eigenvalue weighted by Gasteiger charge is 2.02. The van der Waals surface area contributed by atoms with Crippen LogP contribution >= 0.6 is 12.2 Å². The Labute approximate surface area is 96.5 Å². The van der Waals surface area contributed by atoms with E-state index in [1.165, 1.54) is 0 Å². The second kappa shape index (κ2) is 6.48. The summed E-state index contributed by atoms with van der Waals surface area (Å²) in [6.07, 6.45) is 3.50. The summed E-state index contributed by atoms with van der Waals surface area (Å²) in [5.41, 5.74) is 1.02. The average molecular weight is 223 g/mol. The molecule has 4 heteroatoms. The van der Waals surface area contributed by atoms with Crippen LogP contribution in [0.5, 0.6) is 0 Å². The van der Waals surface area contributed by atoms with Crippen molar-refractivity contribution < 1.29 is 0 Å². The van der Waals surface area contributed by atoms with E-state index in [-0.39, 0.29) is 0 Å². The molecular formula is C11H17N3S. The molecule has 1 rings (SSSR count). The van der Waals surface area contributed by atoms with Crippen molar-refractivity contribution in [1.29, 1.82) is 0 Å². The van der Waals surface area contributed by atoms with Crippen LogP contribution in [0.25, 0.3) is 0 Å². The smallest absolute Gasteiger partial charge is 0.107 e. The molecule has 0 atom stereocenters. The monoisotopic (exact) mass is 223 g/mol. The van der Waals surface area contributed by atoms with Gasteiger partial charge in [-0.3, -0.25) is 9.88 Å². The first kappa shape index (κ1) is 12.1. The largest absolute Gasteiger partial charge is 0.363 e. The molecule has 15 heavy (non-hydrogen) atoms. The van der Waals surface area contributed by atoms with Crippen molar-refractivity contribution in [2.75, 3.05) is 19.8 Å². The lowest BCUT2D eigenvalue weighted by molar-refractivity contribution is 0.299. The minimum Gasteiger partial charge on any atom is -0.363 e. The number of nitrogens with zero attached hydrogens (tertiary/aromatic N) is 2. The molecule has 0 aliphatic rings. The molecule has 0 saturated carbocycles. The number of hydrogen-bond donors (Lipinski definition) is 1. The van der Waals surface area contributed by atoms with E-state index in [0.717, 1.165) is 30.3 Å². The Bertz CT molecular complexity index is 296. The summed E-state index contributed by atoms with van der Waals surface area (Å²) >= 11 is 5.27. The molecule has 0 aromatic carbocycles. The summed E-state index contributed by atoms with van der Waals surface area (Å²) in [6, 6.07) is 3.83. The SMILES string of the molecule is CCN(CC)CNC(=S)c1ccncc1. The van der Waals surface area contributed by atoms with Crippen LogP contribution in [0, 0.1) is 0 Å². The zero-order valence-electron chi connectivity index (χ0n) is 9.23. The van der Waals surface area contributed by atoms with Gasteiger partial charge < -0.3 is 5.32 Å². The van der Waals surface area contributed by atoms with Crippen molar-refractivity contribution >= 4 is 17.2 Å². The molecule has 0 radical (unpaired) electrons. The van der Waals surface area contributed by atoms with Crippen molar-refractivity contribution in [2.45, 2.75) is 13.8 Å². The summed E-state index contributed by atoms with van der Waals surface area (Å²) in [4.78, 5) is 7.01. The molecule has 0 aliphatic heterocycles. The highest BCUT2D eigenvalue weighted by Crippen LogP contribution is 1.97. The maximum absolute atomic E-state index is 5.27. The van der Waals surface area contributed by atoms with Gasteiger partial charge in [0.1, 0.15) is 4.99 Å². The first-order valence-corrected chi connectivity index (χ1v) is 5.59. The van der Waals surface area contributed by atoms with Crippen LogP contribution in [0.4, 0.5) is 0 Å². The Hall–Kier alpha value is -1.00. The fraction of sp³-hybridized carbons (Fsp3) is 0.455. The molecule has 1 aromatic rings. The lowest BCUT2D eigenvalue weighted by Gasteiger charge is -2.19. The van der Waals surface area contributed by atoms with Gasteiger partial charge in [-0.1, -0.05) is 26.1 Å². The minimum atomic E-state index is 0.782. The topological polar surface area (TPSA) is 28.2 Å². The standard InChI is InChI=1S/C11H17N3S/c1-3-14(4-2)9-13-11(15)10-5-7-12-8-6-10/h5-8H,3-4,9H2,1-2H3,(H,13,15). The van der Waals surface area contributed by atoms with Crippen molar-refractivity contribution in [2.24, 2.45) is 0 Å². The number of aromatic nitrogens is 1. The minimum absolute atomic E-state index is 0.782. The molecule has 82 valence electrons. The fourth-order valence-corrected chi connectivity index (χ4v) is 1.44. The van der Waals surface area contributed by atoms with E-state index in [9.17, 15) is 0 Å². The van der Waals surface area contributed by atoms with Crippen molar-refractivity contribution in [3.05, 3.63) is 30.1 Å². The molecule has 1 heterocycles. The highest BCUT2D eigenvalue weighted by atomic mass is 32.1. The van der Waals surface area contributed by atoms with E-state index < -0.39 is 0 Å². The van der Waals surface area contributed by atoms with E-state index in [2.05, 4.69) is 29.0 Å². The number of rotatable bonds is 5. The van der Waals surface area contributed by atoms with Gasteiger partial charge in [0.15, 0.2) is 0 Å². The second-order valence-corrected chi connectivity index (χ2v) is 3.61. The van der Waals surface area contributed by atoms with Gasteiger partial charge in [-0.25, -0.2) is 0 Å². The first-order valence-electron chi connectivity index (χ1n) is 5.18. The molecule has 0 amide bonds. The van der Waals surface area contributed by atoms with Crippen LogP contribution in [0.3, 0.4) is 0 Å². The zero-order chi connectivity index (χ0) is 11.1. The summed E-state index contributed by atoms with van der Waals surface area (Å²) in [7, 11) is 0. The summed E-state index contributed by atoms with van der Waals surface area (Å²) in [6.45, 7) is 7.14. The van der Waals surface area contributed by atoms with Gasteiger partial charge in [0.2, 0.25) is 0 Å². The Kier molecular flexibility index (Phi) is 5.21. The van der Waals surface area contributed by atoms with Crippen LogP contribution in [0.15, 0.2) is 24.5 Å². The van der Waals surface area contributed by atoms with Gasteiger partial charge in [-0.15, -0.1) is 0 Å². The van der Waals surface area contributed by atoms with Gasteiger partial charge in [0.25, 0.3) is 0 Å². The molecule has 0 spiro atoms. The number of thiocarbonyl (C=S) groups is 1. The Morgan fingerprint density at radius 2 is 1.93 bits per heavy atom. The fourth-order valence-electron chi connectivity index (χ4n) is 1.24. The van der Waals surface area contributed by atoms with E-state index in [1.807, 2.05) is 12.1 Å². The van der Waals surface area contributed by atoms with Gasteiger partial charge in [0, 0.05) is 18.0 Å². The molecule has 0 fully saturated rings. The average Bonchev–Trinajstić information content (AvgIpc) is 2.31. The van der Waals surface area contributed by atoms with E-state index in [0.29, 0.717) is 0 Å². The lowest BCUT2D eigenvalue weighted by atomic mass is 10.3. The van der Waals surface area contributed by atoms with E-state index in [4.69, 9.17) is 12.2 Å². The number of nitrogens with one attached hydrogen (secondary N) is 1. The van der Waals surface area contributed by atoms with Crippen molar-refractivity contribution in [3.63, 3.8) is 0 Å². The normalized spacial score (nSPS) is 10.3. The third kappa shape index (κ3) is 3.93. The van der Waals surface area contributed by atoms with Crippen LogP contribution in [-0.4, -0.2) is 34.6 Å². The molecule has 3 nitrogen and oxygen atoms in total. The van der Waals surface area contributed by atoms with Crippen molar-refractivity contribution in [1.82, 2.24) is 15.2 Å². The third-order valence-electron chi connectivity index (χ3n) is 2.30. The molecule has 1 N–H and O–H groups in total. The molecule has 0 unspecified atom stereocenters. The van der Waals surface area contributed by atoms with E-state index in [1.54, 1.807) is 12.4 Å². The predicted octanol–water partition coefficient (Wildman–Crippen LogP) is 1.65. The van der Waals surface area contributed by atoms with Crippen LogP contribution in [0.1, 0.15) is 19.4 Å². The quantitative estimate of drug-likeness (QED) is 0.607. The van der Waals surface area contributed by atoms with Gasteiger partial charge in [-0.2, -0.15) is 0 Å². The highest BCUT2D eigenvalue weighted by molar-refractivity contribution is 7.80. The van der Waals surface area contributed by atoms with Crippen molar-refractivity contribution in [3.8, 4) is 0 Å². The molecular weight excluding hydrogens is 206 g/mol. The van der Waals surface area contributed by atoms with Gasteiger partial charge >= 0.3 is 0 Å². The lowest BCUT2D eigenvalue weighted by Crippen LogP contribution is -2.36. The Balaban J connectivity index is 2.43. The Morgan fingerprint density at radius 1 is 1.33 bits per heavy atom. The summed E-state index contributed by atoms with van der Waals surface area (Å²) < 4.78 is 0.